The summed E-state index contributed by atoms with van der Waals surface area (Å²) in [4.78, 5) is 0. The van der Waals surface area contributed by atoms with Crippen molar-refractivity contribution in [2.75, 3.05) is 7.11 Å². The first-order valence-corrected chi connectivity index (χ1v) is 9.78. The summed E-state index contributed by atoms with van der Waals surface area (Å²) in [6.45, 7) is 1.66. The van der Waals surface area contributed by atoms with Crippen LogP contribution in [0.25, 0.3) is 0 Å². The van der Waals surface area contributed by atoms with E-state index in [1.54, 1.807) is 25.5 Å². The molecule has 0 saturated heterocycles. The average Bonchev–Trinajstić information content (AvgIpc) is 3.17. The van der Waals surface area contributed by atoms with Gasteiger partial charge in [0, 0.05) is 11.0 Å². The molecule has 0 bridgehead atoms. The second kappa shape index (κ2) is 9.51. The molecule has 0 aliphatic rings. The van der Waals surface area contributed by atoms with Crippen LogP contribution < -0.4 is 14.8 Å². The number of hydrogen-bond acceptors (Lipinski definition) is 4. The Morgan fingerprint density at radius 1 is 1.04 bits per heavy atom. The van der Waals surface area contributed by atoms with Gasteiger partial charge < -0.3 is 19.2 Å². The zero-order valence-corrected chi connectivity index (χ0v) is 17.7. The highest BCUT2D eigenvalue weighted by Crippen LogP contribution is 2.34. The van der Waals surface area contributed by atoms with Gasteiger partial charge in [0.2, 0.25) is 0 Å². The van der Waals surface area contributed by atoms with Gasteiger partial charge in [0.05, 0.1) is 30.0 Å². The molecule has 3 aromatic rings. The molecule has 0 fully saturated rings. The van der Waals surface area contributed by atoms with Gasteiger partial charge in [-0.25, -0.2) is 0 Å². The van der Waals surface area contributed by atoms with Crippen molar-refractivity contribution in [1.82, 2.24) is 5.32 Å². The van der Waals surface area contributed by atoms with Gasteiger partial charge in [-0.2, -0.15) is 0 Å². The van der Waals surface area contributed by atoms with E-state index in [-0.39, 0.29) is 0 Å². The molecular formula is C20H18BrCl2NO3. The summed E-state index contributed by atoms with van der Waals surface area (Å²) in [5.41, 5.74) is 1.98. The number of halogens is 3. The molecule has 27 heavy (non-hydrogen) atoms. The van der Waals surface area contributed by atoms with Gasteiger partial charge in [-0.1, -0.05) is 45.2 Å². The first kappa shape index (κ1) is 20.1. The Balaban J connectivity index is 1.66. The van der Waals surface area contributed by atoms with Crippen LogP contribution in [-0.2, 0) is 19.7 Å². The van der Waals surface area contributed by atoms with Crippen molar-refractivity contribution in [2.24, 2.45) is 0 Å². The summed E-state index contributed by atoms with van der Waals surface area (Å²) < 4.78 is 17.7. The van der Waals surface area contributed by atoms with E-state index >= 15 is 0 Å². The maximum absolute atomic E-state index is 6.05. The van der Waals surface area contributed by atoms with Crippen molar-refractivity contribution >= 4 is 39.1 Å². The molecule has 0 amide bonds. The SMILES string of the molecule is COc1cc(CNCc2ccco2)c(Br)cc1OCc1ccc(Cl)c(Cl)c1. The Kier molecular flexibility index (Phi) is 7.07. The molecule has 0 saturated carbocycles. The Hall–Kier alpha value is -1.66. The lowest BCUT2D eigenvalue weighted by Crippen LogP contribution is -2.12. The van der Waals surface area contributed by atoms with Crippen LogP contribution in [0.2, 0.25) is 10.0 Å². The van der Waals surface area contributed by atoms with E-state index in [1.807, 2.05) is 30.3 Å². The third kappa shape index (κ3) is 5.42. The van der Waals surface area contributed by atoms with E-state index in [2.05, 4.69) is 21.2 Å². The highest BCUT2D eigenvalue weighted by molar-refractivity contribution is 9.10. The summed E-state index contributed by atoms with van der Waals surface area (Å²) in [6.07, 6.45) is 1.66. The molecule has 0 spiro atoms. The topological polar surface area (TPSA) is 43.6 Å². The quantitative estimate of drug-likeness (QED) is 0.424. The third-order valence-corrected chi connectivity index (χ3v) is 5.38. The predicted molar refractivity (Wildman–Crippen MR) is 111 cm³/mol. The average molecular weight is 471 g/mol. The molecule has 1 N–H and O–H groups in total. The number of methoxy groups -OCH3 is 1. The minimum absolute atomic E-state index is 0.357. The van der Waals surface area contributed by atoms with Crippen LogP contribution in [0.1, 0.15) is 16.9 Å². The van der Waals surface area contributed by atoms with Crippen molar-refractivity contribution in [2.45, 2.75) is 19.7 Å². The molecule has 0 aliphatic heterocycles. The van der Waals surface area contributed by atoms with Crippen LogP contribution >= 0.6 is 39.1 Å². The van der Waals surface area contributed by atoms with E-state index < -0.39 is 0 Å². The fourth-order valence-electron chi connectivity index (χ4n) is 2.51. The van der Waals surface area contributed by atoms with Gasteiger partial charge >= 0.3 is 0 Å². The van der Waals surface area contributed by atoms with E-state index in [0.29, 0.717) is 41.2 Å². The van der Waals surface area contributed by atoms with Gasteiger partial charge in [0.15, 0.2) is 11.5 Å². The highest BCUT2D eigenvalue weighted by Gasteiger charge is 2.11. The molecule has 2 aromatic carbocycles. The fourth-order valence-corrected chi connectivity index (χ4v) is 3.29. The lowest BCUT2D eigenvalue weighted by atomic mass is 10.2. The lowest BCUT2D eigenvalue weighted by molar-refractivity contribution is 0.284. The van der Waals surface area contributed by atoms with Gasteiger partial charge in [-0.3, -0.25) is 0 Å². The molecular weight excluding hydrogens is 453 g/mol. The molecule has 1 aromatic heterocycles. The van der Waals surface area contributed by atoms with Crippen LogP contribution in [-0.4, -0.2) is 7.11 Å². The Morgan fingerprint density at radius 3 is 2.59 bits per heavy atom. The van der Waals surface area contributed by atoms with Crippen molar-refractivity contribution in [1.29, 1.82) is 0 Å². The van der Waals surface area contributed by atoms with Crippen LogP contribution in [0.5, 0.6) is 11.5 Å². The van der Waals surface area contributed by atoms with Gasteiger partial charge in [0.1, 0.15) is 12.4 Å². The standard InChI is InChI=1S/C20H18BrCl2NO3/c1-25-19-8-14(10-24-11-15-3-2-6-26-15)16(21)9-20(19)27-12-13-4-5-17(22)18(23)7-13/h2-9,24H,10-12H2,1H3. The van der Waals surface area contributed by atoms with Crippen LogP contribution in [0.3, 0.4) is 0 Å². The minimum atomic E-state index is 0.357. The largest absolute Gasteiger partial charge is 0.493 e. The molecule has 0 aliphatic carbocycles. The monoisotopic (exact) mass is 469 g/mol. The number of benzene rings is 2. The summed E-state index contributed by atoms with van der Waals surface area (Å²) in [5.74, 6) is 2.19. The second-order valence-electron chi connectivity index (χ2n) is 5.81. The molecule has 0 atom stereocenters. The Morgan fingerprint density at radius 2 is 1.89 bits per heavy atom. The highest BCUT2D eigenvalue weighted by atomic mass is 79.9. The zero-order chi connectivity index (χ0) is 19.2. The molecule has 4 nitrogen and oxygen atoms in total. The van der Waals surface area contributed by atoms with E-state index in [4.69, 9.17) is 37.1 Å². The molecule has 7 heteroatoms. The normalized spacial score (nSPS) is 10.8. The molecule has 1 heterocycles. The summed E-state index contributed by atoms with van der Waals surface area (Å²) in [7, 11) is 1.62. The minimum Gasteiger partial charge on any atom is -0.493 e. The smallest absolute Gasteiger partial charge is 0.162 e. The van der Waals surface area contributed by atoms with E-state index in [1.165, 1.54) is 0 Å². The van der Waals surface area contributed by atoms with Crippen molar-refractivity contribution in [3.8, 4) is 11.5 Å². The summed E-state index contributed by atoms with van der Waals surface area (Å²) in [6, 6.07) is 13.1. The molecule has 142 valence electrons. The van der Waals surface area contributed by atoms with Crippen molar-refractivity contribution in [3.63, 3.8) is 0 Å². The van der Waals surface area contributed by atoms with Crippen molar-refractivity contribution < 1.29 is 13.9 Å². The number of rotatable bonds is 8. The predicted octanol–water partition coefficient (Wildman–Crippen LogP) is 6.23. The number of ether oxygens (including phenoxy) is 2. The summed E-state index contributed by atoms with van der Waals surface area (Å²) >= 11 is 15.6. The first-order valence-electron chi connectivity index (χ1n) is 8.23. The number of hydrogen-bond donors (Lipinski definition) is 1. The van der Waals surface area contributed by atoms with Crippen LogP contribution in [0.15, 0.2) is 57.6 Å². The first-order chi connectivity index (χ1) is 13.1. The summed E-state index contributed by atoms with van der Waals surface area (Å²) in [5, 5.41) is 4.36. The zero-order valence-electron chi connectivity index (χ0n) is 14.6. The number of nitrogens with one attached hydrogen (secondary N) is 1. The van der Waals surface area contributed by atoms with E-state index in [9.17, 15) is 0 Å². The van der Waals surface area contributed by atoms with Gasteiger partial charge in [-0.15, -0.1) is 0 Å². The number of furan rings is 1. The second-order valence-corrected chi connectivity index (χ2v) is 7.48. The van der Waals surface area contributed by atoms with Crippen molar-refractivity contribution in [3.05, 3.63) is 80.1 Å². The Bertz CT molecular complexity index is 900. The lowest BCUT2D eigenvalue weighted by Gasteiger charge is -2.14. The maximum atomic E-state index is 6.05. The molecule has 0 unspecified atom stereocenters. The molecule has 0 radical (unpaired) electrons. The van der Waals surface area contributed by atoms with Crippen LogP contribution in [0.4, 0.5) is 0 Å². The Labute approximate surface area is 176 Å². The fraction of sp³-hybridized carbons (Fsp3) is 0.200. The molecule has 3 rings (SSSR count). The third-order valence-electron chi connectivity index (χ3n) is 3.91. The van der Waals surface area contributed by atoms with Gasteiger partial charge in [0.25, 0.3) is 0 Å². The van der Waals surface area contributed by atoms with Crippen LogP contribution in [0, 0.1) is 0 Å². The van der Waals surface area contributed by atoms with Gasteiger partial charge in [-0.05, 0) is 47.5 Å². The van der Waals surface area contributed by atoms with E-state index in [0.717, 1.165) is 21.4 Å². The maximum Gasteiger partial charge on any atom is 0.162 e.